The van der Waals surface area contributed by atoms with Crippen LogP contribution in [-0.2, 0) is 10.2 Å². The number of anilines is 1. The minimum Gasteiger partial charge on any atom is -0.454 e. The third kappa shape index (κ3) is 4.13. The molecule has 0 bridgehead atoms. The van der Waals surface area contributed by atoms with Crippen molar-refractivity contribution in [2.45, 2.75) is 25.2 Å². The zero-order valence-electron chi connectivity index (χ0n) is 17.9. The zero-order chi connectivity index (χ0) is 22.0. The zero-order valence-corrected chi connectivity index (χ0v) is 17.9. The van der Waals surface area contributed by atoms with Crippen molar-refractivity contribution in [1.29, 1.82) is 0 Å². The van der Waals surface area contributed by atoms with Crippen molar-refractivity contribution in [2.75, 3.05) is 26.2 Å². The van der Waals surface area contributed by atoms with E-state index in [1.807, 2.05) is 68.4 Å². The number of hydrogen-bond acceptors (Lipinski definition) is 5. The minimum atomic E-state index is -0.542. The first-order valence-corrected chi connectivity index (χ1v) is 10.1. The molecule has 1 N–H and O–H groups in total. The summed E-state index contributed by atoms with van der Waals surface area (Å²) in [5, 5.41) is 3.00. The summed E-state index contributed by atoms with van der Waals surface area (Å²) in [6.45, 7) is 2.18. The van der Waals surface area contributed by atoms with Crippen LogP contribution in [0.25, 0.3) is 5.57 Å². The number of carbonyl (C=O) groups is 1. The van der Waals surface area contributed by atoms with Gasteiger partial charge in [0.05, 0.1) is 16.8 Å². The molecule has 2 heterocycles. The first-order chi connectivity index (χ1) is 14.9. The second-order valence-electron chi connectivity index (χ2n) is 7.95. The highest BCUT2D eigenvalue weighted by Crippen LogP contribution is 2.51. The predicted octanol–water partition coefficient (Wildman–Crippen LogP) is 3.96. The third-order valence-corrected chi connectivity index (χ3v) is 5.63. The second kappa shape index (κ2) is 8.19. The molecular weight excluding hydrogens is 390 g/mol. The van der Waals surface area contributed by atoms with Crippen LogP contribution in [0.15, 0.2) is 54.2 Å². The number of nitrogens with zero attached hydrogens (tertiary/aromatic N) is 2. The van der Waals surface area contributed by atoms with E-state index in [4.69, 9.17) is 15.9 Å². The molecule has 2 aromatic rings. The molecule has 2 aliphatic rings. The van der Waals surface area contributed by atoms with Gasteiger partial charge in [-0.1, -0.05) is 24.1 Å². The average molecular weight is 415 g/mol. The second-order valence-corrected chi connectivity index (χ2v) is 7.95. The molecular formula is C25H25N3O3. The smallest absolute Gasteiger partial charge is 0.236 e. The Morgan fingerprint density at radius 1 is 1.19 bits per heavy atom. The molecule has 31 heavy (non-hydrogen) atoms. The van der Waals surface area contributed by atoms with E-state index in [1.165, 1.54) is 0 Å². The van der Waals surface area contributed by atoms with E-state index in [2.05, 4.69) is 16.2 Å². The Balaban J connectivity index is 1.51. The maximum atomic E-state index is 13.1. The molecule has 1 aliphatic heterocycles. The molecule has 1 aromatic heterocycles. The van der Waals surface area contributed by atoms with Gasteiger partial charge in [-0.25, -0.2) is 4.98 Å². The molecule has 158 valence electrons. The molecule has 4 rings (SSSR count). The Kier molecular flexibility index (Phi) is 5.43. The number of aromatic nitrogens is 1. The van der Waals surface area contributed by atoms with Crippen molar-refractivity contribution in [3.8, 4) is 23.8 Å². The topological polar surface area (TPSA) is 63.7 Å². The summed E-state index contributed by atoms with van der Waals surface area (Å²) in [7, 11) is 3.80. The fourth-order valence-electron chi connectivity index (χ4n) is 3.54. The summed E-state index contributed by atoms with van der Waals surface area (Å²) in [5.41, 5.74) is 2.89. The van der Waals surface area contributed by atoms with Crippen molar-refractivity contribution in [3.63, 3.8) is 0 Å². The van der Waals surface area contributed by atoms with Gasteiger partial charge in [-0.15, -0.1) is 6.42 Å². The standard InChI is InChI=1S/C25H25N3O3/c1-5-19(28(3)4)11-9-17(2)20-7-6-8-23(26-20)27-24(29)25(13-14-25)18-10-12-21-22(15-18)31-16-30-21/h1,6-12,15H,13-14,16H2,2-4H3,(H,26,27,29)/b17-9+,19-11+. The Morgan fingerprint density at radius 3 is 2.68 bits per heavy atom. The first-order valence-electron chi connectivity index (χ1n) is 10.1. The fourth-order valence-corrected chi connectivity index (χ4v) is 3.54. The summed E-state index contributed by atoms with van der Waals surface area (Å²) in [6.07, 6.45) is 10.9. The van der Waals surface area contributed by atoms with Crippen LogP contribution in [-0.4, -0.2) is 36.7 Å². The number of amides is 1. The Hall–Kier alpha value is -3.72. The number of benzene rings is 1. The van der Waals surface area contributed by atoms with Gasteiger partial charge in [-0.3, -0.25) is 4.79 Å². The van der Waals surface area contributed by atoms with Gasteiger partial charge in [0, 0.05) is 14.1 Å². The number of allylic oxidation sites excluding steroid dienone is 4. The largest absolute Gasteiger partial charge is 0.454 e. The summed E-state index contributed by atoms with van der Waals surface area (Å²) < 4.78 is 10.8. The normalized spacial score (nSPS) is 16.5. The van der Waals surface area contributed by atoms with Gasteiger partial charge >= 0.3 is 0 Å². The lowest BCUT2D eigenvalue weighted by Gasteiger charge is -2.16. The quantitative estimate of drug-likeness (QED) is 0.572. The molecule has 0 atom stereocenters. The number of carbonyl (C=O) groups excluding carboxylic acids is 1. The summed E-state index contributed by atoms with van der Waals surface area (Å²) in [5.74, 6) is 4.52. The molecule has 1 fully saturated rings. The first kappa shape index (κ1) is 20.5. The van der Waals surface area contributed by atoms with Gasteiger partial charge in [0.1, 0.15) is 5.82 Å². The number of hydrogen-bond donors (Lipinski definition) is 1. The van der Waals surface area contributed by atoms with E-state index >= 15 is 0 Å². The van der Waals surface area contributed by atoms with Crippen molar-refractivity contribution in [2.24, 2.45) is 0 Å². The predicted molar refractivity (Wildman–Crippen MR) is 121 cm³/mol. The van der Waals surface area contributed by atoms with Crippen LogP contribution in [0.5, 0.6) is 11.5 Å². The number of pyridine rings is 1. The molecule has 1 saturated carbocycles. The van der Waals surface area contributed by atoms with Gasteiger partial charge in [-0.2, -0.15) is 0 Å². The summed E-state index contributed by atoms with van der Waals surface area (Å²) in [4.78, 5) is 19.6. The van der Waals surface area contributed by atoms with Crippen LogP contribution < -0.4 is 14.8 Å². The van der Waals surface area contributed by atoms with Crippen molar-refractivity contribution in [1.82, 2.24) is 9.88 Å². The molecule has 0 unspecified atom stereocenters. The van der Waals surface area contributed by atoms with E-state index in [-0.39, 0.29) is 12.7 Å². The highest BCUT2D eigenvalue weighted by molar-refractivity contribution is 6.01. The number of fused-ring (bicyclic) bond motifs is 1. The van der Waals surface area contributed by atoms with Gasteiger partial charge < -0.3 is 19.7 Å². The fraction of sp³-hybridized carbons (Fsp3) is 0.280. The molecule has 1 aromatic carbocycles. The van der Waals surface area contributed by atoms with Crippen LogP contribution in [0.4, 0.5) is 5.82 Å². The van der Waals surface area contributed by atoms with Gasteiger partial charge in [0.15, 0.2) is 11.5 Å². The monoisotopic (exact) mass is 415 g/mol. The van der Waals surface area contributed by atoms with E-state index in [0.717, 1.165) is 35.4 Å². The highest BCUT2D eigenvalue weighted by atomic mass is 16.7. The average Bonchev–Trinajstić information content (AvgIpc) is 3.45. The number of terminal acetylenes is 1. The molecule has 6 nitrogen and oxygen atoms in total. The molecule has 0 spiro atoms. The molecule has 1 aliphatic carbocycles. The van der Waals surface area contributed by atoms with E-state index in [9.17, 15) is 4.79 Å². The highest BCUT2D eigenvalue weighted by Gasteiger charge is 2.51. The van der Waals surface area contributed by atoms with Crippen LogP contribution in [0.2, 0.25) is 0 Å². The third-order valence-electron chi connectivity index (χ3n) is 5.63. The maximum absolute atomic E-state index is 13.1. The van der Waals surface area contributed by atoms with Crippen molar-refractivity contribution < 1.29 is 14.3 Å². The summed E-state index contributed by atoms with van der Waals surface area (Å²) in [6, 6.07) is 11.3. The maximum Gasteiger partial charge on any atom is 0.236 e. The van der Waals surface area contributed by atoms with Crippen LogP contribution in [0.1, 0.15) is 31.0 Å². The van der Waals surface area contributed by atoms with E-state index in [0.29, 0.717) is 17.3 Å². The summed E-state index contributed by atoms with van der Waals surface area (Å²) >= 11 is 0. The lowest BCUT2D eigenvalue weighted by molar-refractivity contribution is -0.118. The van der Waals surface area contributed by atoms with Crippen molar-refractivity contribution >= 4 is 17.3 Å². The lowest BCUT2D eigenvalue weighted by atomic mass is 9.94. The Bertz CT molecular complexity index is 1120. The van der Waals surface area contributed by atoms with Crippen LogP contribution >= 0.6 is 0 Å². The molecule has 0 saturated heterocycles. The number of nitrogens with one attached hydrogen (secondary N) is 1. The van der Waals surface area contributed by atoms with Crippen LogP contribution in [0.3, 0.4) is 0 Å². The SMILES string of the molecule is C#C/C(=C\C=C(/C)c1cccc(NC(=O)C2(c3ccc4c(c3)OCO4)CC2)n1)N(C)C. The molecule has 6 heteroatoms. The van der Waals surface area contributed by atoms with Gasteiger partial charge in [0.25, 0.3) is 0 Å². The van der Waals surface area contributed by atoms with E-state index < -0.39 is 5.41 Å². The number of rotatable bonds is 6. The Labute approximate surface area is 182 Å². The van der Waals surface area contributed by atoms with E-state index in [1.54, 1.807) is 6.07 Å². The van der Waals surface area contributed by atoms with Crippen molar-refractivity contribution in [3.05, 3.63) is 65.5 Å². The molecule has 0 radical (unpaired) electrons. The lowest BCUT2D eigenvalue weighted by Crippen LogP contribution is -2.28. The van der Waals surface area contributed by atoms with Gasteiger partial charge in [0.2, 0.25) is 12.7 Å². The number of ether oxygens (including phenoxy) is 2. The Morgan fingerprint density at radius 2 is 1.97 bits per heavy atom. The molecule has 1 amide bonds. The van der Waals surface area contributed by atoms with Gasteiger partial charge in [-0.05, 0) is 61.2 Å². The van der Waals surface area contributed by atoms with Crippen LogP contribution in [0, 0.1) is 12.3 Å². The minimum absolute atomic E-state index is 0.0558.